The summed E-state index contributed by atoms with van der Waals surface area (Å²) in [6.45, 7) is 1.65. The molecule has 1 aliphatic heterocycles. The Morgan fingerprint density at radius 1 is 1.41 bits per heavy atom. The van der Waals surface area contributed by atoms with Gasteiger partial charge in [0.05, 0.1) is 17.8 Å². The van der Waals surface area contributed by atoms with E-state index >= 15 is 0 Å². The van der Waals surface area contributed by atoms with Crippen molar-refractivity contribution in [3.63, 3.8) is 0 Å². The van der Waals surface area contributed by atoms with Crippen LogP contribution in [-0.2, 0) is 11.0 Å². The van der Waals surface area contributed by atoms with Gasteiger partial charge in [0.1, 0.15) is 6.61 Å². The number of carbonyl (C=O) groups is 1. The van der Waals surface area contributed by atoms with E-state index in [0.717, 1.165) is 6.07 Å². The van der Waals surface area contributed by atoms with Gasteiger partial charge in [0.15, 0.2) is 5.75 Å². The number of hydrogen-bond donors (Lipinski definition) is 0. The standard InChI is InChI=1S/C11H10F3NO2/c1-7(16)15-5-6-17-10-8(11(12,13)14)3-2-4-9(10)15/h2-4H,5-6H2,1H3. The summed E-state index contributed by atoms with van der Waals surface area (Å²) in [7, 11) is 0. The van der Waals surface area contributed by atoms with Gasteiger partial charge in [-0.15, -0.1) is 0 Å². The van der Waals surface area contributed by atoms with Gasteiger partial charge in [-0.1, -0.05) is 6.07 Å². The zero-order valence-corrected chi connectivity index (χ0v) is 9.04. The summed E-state index contributed by atoms with van der Waals surface area (Å²) in [4.78, 5) is 12.6. The molecule has 0 aromatic heterocycles. The molecule has 0 N–H and O–H groups in total. The summed E-state index contributed by atoms with van der Waals surface area (Å²) >= 11 is 0. The largest absolute Gasteiger partial charge is 0.489 e. The fourth-order valence-electron chi connectivity index (χ4n) is 1.80. The first-order valence-electron chi connectivity index (χ1n) is 5.02. The summed E-state index contributed by atoms with van der Waals surface area (Å²) in [5.41, 5.74) is -0.667. The van der Waals surface area contributed by atoms with Crippen molar-refractivity contribution < 1.29 is 22.7 Å². The predicted octanol–water partition coefficient (Wildman–Crippen LogP) is 2.45. The molecule has 0 atom stereocenters. The van der Waals surface area contributed by atoms with Gasteiger partial charge in [-0.2, -0.15) is 13.2 Å². The van der Waals surface area contributed by atoms with Crippen LogP contribution in [0, 0.1) is 0 Å². The van der Waals surface area contributed by atoms with E-state index in [2.05, 4.69) is 0 Å². The number of para-hydroxylation sites is 1. The molecular weight excluding hydrogens is 235 g/mol. The quantitative estimate of drug-likeness (QED) is 0.702. The Labute approximate surface area is 95.8 Å². The highest BCUT2D eigenvalue weighted by Crippen LogP contribution is 2.43. The Morgan fingerprint density at radius 2 is 2.12 bits per heavy atom. The minimum atomic E-state index is -4.48. The number of anilines is 1. The smallest absolute Gasteiger partial charge is 0.420 e. The fraction of sp³-hybridized carbons (Fsp3) is 0.364. The molecule has 3 nitrogen and oxygen atoms in total. The van der Waals surface area contributed by atoms with Gasteiger partial charge in [0.25, 0.3) is 0 Å². The van der Waals surface area contributed by atoms with Crippen molar-refractivity contribution >= 4 is 11.6 Å². The van der Waals surface area contributed by atoms with Gasteiger partial charge in [-0.25, -0.2) is 0 Å². The van der Waals surface area contributed by atoms with Crippen LogP contribution in [0.25, 0.3) is 0 Å². The van der Waals surface area contributed by atoms with Crippen molar-refractivity contribution in [3.8, 4) is 5.75 Å². The van der Waals surface area contributed by atoms with Crippen LogP contribution in [0.3, 0.4) is 0 Å². The molecule has 1 amide bonds. The molecule has 0 saturated carbocycles. The summed E-state index contributed by atoms with van der Waals surface area (Å²) < 4.78 is 43.2. The molecule has 0 spiro atoms. The minimum absolute atomic E-state index is 0.0691. The molecule has 0 saturated heterocycles. The Morgan fingerprint density at radius 3 is 2.71 bits per heavy atom. The van der Waals surface area contributed by atoms with Gasteiger partial charge in [0, 0.05) is 6.92 Å². The number of rotatable bonds is 0. The maximum Gasteiger partial charge on any atom is 0.420 e. The molecular formula is C11H10F3NO2. The molecule has 92 valence electrons. The second-order valence-electron chi connectivity index (χ2n) is 3.67. The zero-order chi connectivity index (χ0) is 12.6. The van der Waals surface area contributed by atoms with Crippen LogP contribution in [-0.4, -0.2) is 19.1 Å². The van der Waals surface area contributed by atoms with Crippen LogP contribution in [0.4, 0.5) is 18.9 Å². The number of nitrogens with zero attached hydrogens (tertiary/aromatic N) is 1. The molecule has 0 bridgehead atoms. The molecule has 1 heterocycles. The summed E-state index contributed by atoms with van der Waals surface area (Å²) in [6.07, 6.45) is -4.48. The number of halogens is 3. The summed E-state index contributed by atoms with van der Waals surface area (Å²) in [5.74, 6) is -0.560. The average Bonchev–Trinajstić information content (AvgIpc) is 2.26. The highest BCUT2D eigenvalue weighted by molar-refractivity contribution is 5.94. The highest BCUT2D eigenvalue weighted by atomic mass is 19.4. The van der Waals surface area contributed by atoms with E-state index in [4.69, 9.17) is 4.74 Å². The molecule has 0 aliphatic carbocycles. The van der Waals surface area contributed by atoms with E-state index in [1.165, 1.54) is 24.0 Å². The van der Waals surface area contributed by atoms with Gasteiger partial charge in [-0.3, -0.25) is 4.79 Å². The van der Waals surface area contributed by atoms with Crippen LogP contribution in [0.15, 0.2) is 18.2 Å². The molecule has 0 unspecified atom stereocenters. The third-order valence-corrected chi connectivity index (χ3v) is 2.53. The number of fused-ring (bicyclic) bond motifs is 1. The van der Waals surface area contributed by atoms with Crippen molar-refractivity contribution in [2.75, 3.05) is 18.1 Å². The SMILES string of the molecule is CC(=O)N1CCOc2c1cccc2C(F)(F)F. The maximum absolute atomic E-state index is 12.7. The normalized spacial score (nSPS) is 15.2. The van der Waals surface area contributed by atoms with Crippen LogP contribution in [0.5, 0.6) is 5.75 Å². The van der Waals surface area contributed by atoms with Crippen LogP contribution in [0.1, 0.15) is 12.5 Å². The maximum atomic E-state index is 12.7. The third-order valence-electron chi connectivity index (χ3n) is 2.53. The fourth-order valence-corrected chi connectivity index (χ4v) is 1.80. The first-order chi connectivity index (χ1) is 7.91. The second kappa shape index (κ2) is 3.94. The van der Waals surface area contributed by atoms with E-state index in [0.29, 0.717) is 0 Å². The van der Waals surface area contributed by atoms with Gasteiger partial charge in [-0.05, 0) is 12.1 Å². The number of hydrogen-bond acceptors (Lipinski definition) is 2. The molecule has 0 radical (unpaired) electrons. The van der Waals surface area contributed by atoms with Crippen molar-refractivity contribution in [2.24, 2.45) is 0 Å². The average molecular weight is 245 g/mol. The minimum Gasteiger partial charge on any atom is -0.489 e. The molecule has 6 heteroatoms. The lowest BCUT2D eigenvalue weighted by Gasteiger charge is -2.30. The molecule has 2 rings (SSSR count). The van der Waals surface area contributed by atoms with Crippen LogP contribution < -0.4 is 9.64 Å². The molecule has 1 aromatic rings. The van der Waals surface area contributed by atoms with Crippen molar-refractivity contribution in [1.29, 1.82) is 0 Å². The Hall–Kier alpha value is -1.72. The Kier molecular flexibility index (Phi) is 2.73. The number of amides is 1. The lowest BCUT2D eigenvalue weighted by Crippen LogP contribution is -2.37. The van der Waals surface area contributed by atoms with Gasteiger partial charge >= 0.3 is 6.18 Å². The first kappa shape index (κ1) is 11.8. The predicted molar refractivity (Wildman–Crippen MR) is 55.0 cm³/mol. The van der Waals surface area contributed by atoms with Gasteiger partial charge in [0.2, 0.25) is 5.91 Å². The molecule has 1 aliphatic rings. The van der Waals surface area contributed by atoms with Crippen molar-refractivity contribution in [1.82, 2.24) is 0 Å². The second-order valence-corrected chi connectivity index (χ2v) is 3.67. The van der Waals surface area contributed by atoms with Crippen LogP contribution >= 0.6 is 0 Å². The van der Waals surface area contributed by atoms with E-state index < -0.39 is 11.7 Å². The number of alkyl halides is 3. The number of carbonyl (C=O) groups excluding carboxylic acids is 1. The lowest BCUT2D eigenvalue weighted by atomic mass is 10.1. The van der Waals surface area contributed by atoms with E-state index in [-0.39, 0.29) is 30.5 Å². The first-order valence-corrected chi connectivity index (χ1v) is 5.02. The summed E-state index contributed by atoms with van der Waals surface area (Å²) in [6, 6.07) is 3.67. The van der Waals surface area contributed by atoms with Crippen molar-refractivity contribution in [3.05, 3.63) is 23.8 Å². The topological polar surface area (TPSA) is 29.5 Å². The molecule has 17 heavy (non-hydrogen) atoms. The molecule has 1 aromatic carbocycles. The molecule has 0 fully saturated rings. The number of benzene rings is 1. The van der Waals surface area contributed by atoms with Crippen molar-refractivity contribution in [2.45, 2.75) is 13.1 Å². The Balaban J connectivity index is 2.55. The van der Waals surface area contributed by atoms with E-state index in [9.17, 15) is 18.0 Å². The lowest BCUT2D eigenvalue weighted by molar-refractivity contribution is -0.139. The number of ether oxygens (including phenoxy) is 1. The monoisotopic (exact) mass is 245 g/mol. The zero-order valence-electron chi connectivity index (χ0n) is 9.04. The van der Waals surface area contributed by atoms with Gasteiger partial charge < -0.3 is 9.64 Å². The highest BCUT2D eigenvalue weighted by Gasteiger charge is 2.37. The Bertz CT molecular complexity index is 457. The third kappa shape index (κ3) is 2.07. The van der Waals surface area contributed by atoms with E-state index in [1.807, 2.05) is 0 Å². The summed E-state index contributed by atoms with van der Waals surface area (Å²) in [5, 5.41) is 0. The van der Waals surface area contributed by atoms with Crippen LogP contribution in [0.2, 0.25) is 0 Å². The van der Waals surface area contributed by atoms with E-state index in [1.54, 1.807) is 0 Å².